The highest BCUT2D eigenvalue weighted by atomic mass is 16.7. The van der Waals surface area contributed by atoms with Gasteiger partial charge in [0.25, 0.3) is 0 Å². The van der Waals surface area contributed by atoms with E-state index in [4.69, 9.17) is 4.42 Å². The summed E-state index contributed by atoms with van der Waals surface area (Å²) in [5.41, 5.74) is 0.559. The predicted octanol–water partition coefficient (Wildman–Crippen LogP) is 0.616. The third-order valence-electron chi connectivity index (χ3n) is 1.50. The lowest BCUT2D eigenvalue weighted by Gasteiger charge is -2.11. The van der Waals surface area contributed by atoms with Crippen molar-refractivity contribution in [3.05, 3.63) is 17.8 Å². The summed E-state index contributed by atoms with van der Waals surface area (Å²) in [4.78, 5) is 19.8. The van der Waals surface area contributed by atoms with Gasteiger partial charge in [-0.3, -0.25) is 9.63 Å². The van der Waals surface area contributed by atoms with Gasteiger partial charge in [-0.05, 0) is 6.92 Å². The lowest BCUT2D eigenvalue weighted by atomic mass is 10.3. The maximum atomic E-state index is 11.3. The summed E-state index contributed by atoms with van der Waals surface area (Å²) in [6.07, 6.45) is 1.23. The van der Waals surface area contributed by atoms with E-state index in [1.807, 2.05) is 0 Å². The van der Waals surface area contributed by atoms with Crippen molar-refractivity contribution in [1.82, 2.24) is 10.0 Å². The number of aryl methyl sites for hydroxylation is 1. The molecule has 66 valence electrons. The van der Waals surface area contributed by atoms with Crippen molar-refractivity contribution >= 4 is 5.91 Å². The molecule has 0 saturated heterocycles. The van der Waals surface area contributed by atoms with E-state index in [1.165, 1.54) is 20.6 Å². The van der Waals surface area contributed by atoms with Gasteiger partial charge in [0.15, 0.2) is 6.39 Å². The Morgan fingerprint density at radius 2 is 2.42 bits per heavy atom. The van der Waals surface area contributed by atoms with Crippen LogP contribution in [0.4, 0.5) is 0 Å². The Bertz CT molecular complexity index is 282. The number of hydrogen-bond acceptors (Lipinski definition) is 4. The number of carbonyl (C=O) groups excluding carboxylic acids is 1. The monoisotopic (exact) mass is 170 g/mol. The van der Waals surface area contributed by atoms with Gasteiger partial charge in [-0.1, -0.05) is 0 Å². The van der Waals surface area contributed by atoms with Gasteiger partial charge in [0.2, 0.25) is 5.76 Å². The van der Waals surface area contributed by atoms with E-state index in [0.29, 0.717) is 5.69 Å². The topological polar surface area (TPSA) is 55.6 Å². The van der Waals surface area contributed by atoms with Gasteiger partial charge in [-0.25, -0.2) is 10.0 Å². The fourth-order valence-corrected chi connectivity index (χ4v) is 0.733. The van der Waals surface area contributed by atoms with Crippen LogP contribution in [0.5, 0.6) is 0 Å². The molecular weight excluding hydrogens is 160 g/mol. The molecule has 12 heavy (non-hydrogen) atoms. The molecule has 0 radical (unpaired) electrons. The predicted molar refractivity (Wildman–Crippen MR) is 40.3 cm³/mol. The van der Waals surface area contributed by atoms with Gasteiger partial charge in [0, 0.05) is 7.05 Å². The Morgan fingerprint density at radius 3 is 2.83 bits per heavy atom. The van der Waals surface area contributed by atoms with Crippen molar-refractivity contribution in [3.63, 3.8) is 0 Å². The highest BCUT2D eigenvalue weighted by molar-refractivity contribution is 5.91. The van der Waals surface area contributed by atoms with Gasteiger partial charge in [-0.2, -0.15) is 0 Å². The van der Waals surface area contributed by atoms with Crippen molar-refractivity contribution in [2.24, 2.45) is 0 Å². The molecule has 0 aliphatic heterocycles. The number of aromatic nitrogens is 1. The highest BCUT2D eigenvalue weighted by Crippen LogP contribution is 2.07. The van der Waals surface area contributed by atoms with Crippen LogP contribution in [0.15, 0.2) is 10.8 Å². The summed E-state index contributed by atoms with van der Waals surface area (Å²) in [7, 11) is 2.91. The normalized spacial score (nSPS) is 9.92. The molecule has 0 aromatic carbocycles. The number of oxazole rings is 1. The van der Waals surface area contributed by atoms with E-state index < -0.39 is 0 Å². The molecule has 1 aromatic rings. The summed E-state index contributed by atoms with van der Waals surface area (Å²) < 4.78 is 4.87. The molecule has 0 fully saturated rings. The van der Waals surface area contributed by atoms with Crippen LogP contribution in [0, 0.1) is 6.92 Å². The van der Waals surface area contributed by atoms with Crippen LogP contribution in [0.1, 0.15) is 16.2 Å². The molecule has 1 heterocycles. The van der Waals surface area contributed by atoms with Crippen LogP contribution in [0.25, 0.3) is 0 Å². The minimum atomic E-state index is -0.340. The first-order valence-corrected chi connectivity index (χ1v) is 3.39. The average molecular weight is 170 g/mol. The van der Waals surface area contributed by atoms with Crippen LogP contribution >= 0.6 is 0 Å². The standard InChI is InChI=1S/C7H10N2O3/c1-5-6(12-4-8-5)7(10)9(2)11-3/h4H,1-3H3. The third kappa shape index (κ3) is 1.45. The molecule has 0 atom stereocenters. The Morgan fingerprint density at radius 1 is 1.75 bits per heavy atom. The van der Waals surface area contributed by atoms with Crippen LogP contribution in [-0.2, 0) is 4.84 Å². The van der Waals surface area contributed by atoms with Gasteiger partial charge in [0.05, 0.1) is 12.8 Å². The molecule has 0 aliphatic carbocycles. The number of hydrogen-bond donors (Lipinski definition) is 0. The van der Waals surface area contributed by atoms with Crippen molar-refractivity contribution < 1.29 is 14.0 Å². The zero-order valence-electron chi connectivity index (χ0n) is 7.20. The summed E-state index contributed by atoms with van der Waals surface area (Å²) in [5, 5.41) is 1.08. The van der Waals surface area contributed by atoms with Gasteiger partial charge >= 0.3 is 5.91 Å². The van der Waals surface area contributed by atoms with Gasteiger partial charge < -0.3 is 4.42 Å². The second-order valence-electron chi connectivity index (χ2n) is 2.25. The number of amides is 1. The lowest BCUT2D eigenvalue weighted by Crippen LogP contribution is -2.25. The third-order valence-corrected chi connectivity index (χ3v) is 1.50. The number of hydroxylamine groups is 2. The van der Waals surface area contributed by atoms with Crippen LogP contribution < -0.4 is 0 Å². The van der Waals surface area contributed by atoms with Gasteiger partial charge in [0.1, 0.15) is 0 Å². The van der Waals surface area contributed by atoms with E-state index >= 15 is 0 Å². The van der Waals surface area contributed by atoms with E-state index in [9.17, 15) is 4.79 Å². The first-order valence-electron chi connectivity index (χ1n) is 3.39. The Labute approximate surface area is 69.9 Å². The molecule has 0 unspecified atom stereocenters. The second-order valence-corrected chi connectivity index (χ2v) is 2.25. The minimum absolute atomic E-state index is 0.208. The van der Waals surface area contributed by atoms with Gasteiger partial charge in [-0.15, -0.1) is 0 Å². The fourth-order valence-electron chi connectivity index (χ4n) is 0.733. The van der Waals surface area contributed by atoms with Crippen LogP contribution in [-0.4, -0.2) is 30.1 Å². The quantitative estimate of drug-likeness (QED) is 0.610. The number of nitrogens with zero attached hydrogens (tertiary/aromatic N) is 2. The largest absolute Gasteiger partial charge is 0.438 e. The average Bonchev–Trinajstić information content (AvgIpc) is 2.48. The Balaban J connectivity index is 2.85. The van der Waals surface area contributed by atoms with Crippen molar-refractivity contribution in [1.29, 1.82) is 0 Å². The molecule has 1 aromatic heterocycles. The van der Waals surface area contributed by atoms with Crippen molar-refractivity contribution in [2.75, 3.05) is 14.2 Å². The molecule has 5 heteroatoms. The summed E-state index contributed by atoms with van der Waals surface area (Å²) in [6.45, 7) is 1.69. The van der Waals surface area contributed by atoms with E-state index in [0.717, 1.165) is 5.06 Å². The minimum Gasteiger partial charge on any atom is -0.438 e. The highest BCUT2D eigenvalue weighted by Gasteiger charge is 2.17. The molecule has 5 nitrogen and oxygen atoms in total. The number of rotatable bonds is 2. The summed E-state index contributed by atoms with van der Waals surface area (Å²) >= 11 is 0. The fraction of sp³-hybridized carbons (Fsp3) is 0.429. The molecule has 1 rings (SSSR count). The SMILES string of the molecule is CON(C)C(=O)c1ocnc1C. The Hall–Kier alpha value is -1.36. The molecule has 0 N–H and O–H groups in total. The zero-order chi connectivity index (χ0) is 9.14. The van der Waals surface area contributed by atoms with Crippen LogP contribution in [0.2, 0.25) is 0 Å². The summed E-state index contributed by atoms with van der Waals surface area (Å²) in [6, 6.07) is 0. The maximum Gasteiger partial charge on any atom is 0.314 e. The maximum absolute atomic E-state index is 11.3. The molecule has 0 spiro atoms. The van der Waals surface area contributed by atoms with Crippen LogP contribution in [0.3, 0.4) is 0 Å². The molecular formula is C7H10N2O3. The van der Waals surface area contributed by atoms with E-state index in [1.54, 1.807) is 6.92 Å². The van der Waals surface area contributed by atoms with E-state index in [-0.39, 0.29) is 11.7 Å². The summed E-state index contributed by atoms with van der Waals surface area (Å²) in [5.74, 6) is -0.133. The van der Waals surface area contributed by atoms with Crippen molar-refractivity contribution in [3.8, 4) is 0 Å². The van der Waals surface area contributed by atoms with Crippen molar-refractivity contribution in [2.45, 2.75) is 6.92 Å². The molecule has 0 saturated carbocycles. The lowest BCUT2D eigenvalue weighted by molar-refractivity contribution is -0.0774. The second kappa shape index (κ2) is 3.36. The first-order chi connectivity index (χ1) is 5.66. The molecule has 1 amide bonds. The smallest absolute Gasteiger partial charge is 0.314 e. The zero-order valence-corrected chi connectivity index (χ0v) is 7.20. The molecule has 0 aliphatic rings. The Kier molecular flexibility index (Phi) is 2.44. The number of carbonyl (C=O) groups is 1. The first kappa shape index (κ1) is 8.73. The molecule has 0 bridgehead atoms. The van der Waals surface area contributed by atoms with E-state index in [2.05, 4.69) is 9.82 Å².